The van der Waals surface area contributed by atoms with Gasteiger partial charge in [0.2, 0.25) is 0 Å². The molecule has 15 heavy (non-hydrogen) atoms. The van der Waals surface area contributed by atoms with Crippen LogP contribution < -0.4 is 0 Å². The third-order valence-corrected chi connectivity index (χ3v) is 4.23. The Balaban J connectivity index is 2.42. The fraction of sp³-hybridized carbons (Fsp3) is 0. The quantitative estimate of drug-likeness (QED) is 0.775. The number of rotatable bonds is 2. The molecule has 0 radical (unpaired) electrons. The van der Waals surface area contributed by atoms with Crippen LogP contribution in [0.15, 0.2) is 46.7 Å². The van der Waals surface area contributed by atoms with E-state index >= 15 is 0 Å². The fourth-order valence-electron chi connectivity index (χ4n) is 1.22. The van der Waals surface area contributed by atoms with E-state index in [0.717, 1.165) is 10.4 Å². The topological polar surface area (TPSA) is 34.1 Å². The van der Waals surface area contributed by atoms with Gasteiger partial charge in [0.1, 0.15) is 0 Å². The summed E-state index contributed by atoms with van der Waals surface area (Å²) in [5.41, 5.74) is 0.995. The first-order valence-electron chi connectivity index (χ1n) is 4.16. The number of thiophene rings is 1. The molecule has 0 aliphatic heterocycles. The molecule has 0 atom stereocenters. The zero-order chi connectivity index (χ0) is 10.9. The molecule has 1 aromatic carbocycles. The molecular formula is C10H7ClO2S2. The Kier molecular flexibility index (Phi) is 2.82. The first-order chi connectivity index (χ1) is 7.07. The molecule has 0 saturated heterocycles. The van der Waals surface area contributed by atoms with Crippen LogP contribution in [0.5, 0.6) is 0 Å². The molecule has 78 valence electrons. The van der Waals surface area contributed by atoms with Crippen molar-refractivity contribution in [3.8, 4) is 10.4 Å². The molecular weight excluding hydrogens is 252 g/mol. The SMILES string of the molecule is O=S(=O)(Cl)c1ccc(-c2cccs2)cc1. The Hall–Kier alpha value is -0.840. The largest absolute Gasteiger partial charge is 0.261 e. The van der Waals surface area contributed by atoms with Crippen LogP contribution >= 0.6 is 22.0 Å². The Bertz CT molecular complexity index is 542. The molecule has 5 heteroatoms. The second kappa shape index (κ2) is 3.96. The molecule has 0 unspecified atom stereocenters. The molecule has 2 nitrogen and oxygen atoms in total. The predicted molar refractivity (Wildman–Crippen MR) is 62.8 cm³/mol. The summed E-state index contributed by atoms with van der Waals surface area (Å²) in [6, 6.07) is 10.5. The third kappa shape index (κ3) is 2.40. The fourth-order valence-corrected chi connectivity index (χ4v) is 2.73. The maximum Gasteiger partial charge on any atom is 0.261 e. The lowest BCUT2D eigenvalue weighted by Gasteiger charge is -1.98. The number of hydrogen-bond donors (Lipinski definition) is 0. The van der Waals surface area contributed by atoms with Crippen LogP contribution in [0.25, 0.3) is 10.4 Å². The van der Waals surface area contributed by atoms with Crippen LogP contribution in [0.3, 0.4) is 0 Å². The van der Waals surface area contributed by atoms with Crippen LogP contribution in [-0.2, 0) is 9.05 Å². The first kappa shape index (κ1) is 10.7. The second-order valence-corrected chi connectivity index (χ2v) is 6.45. The van der Waals surface area contributed by atoms with Gasteiger partial charge in [0.05, 0.1) is 4.90 Å². The van der Waals surface area contributed by atoms with E-state index < -0.39 is 9.05 Å². The van der Waals surface area contributed by atoms with E-state index in [1.54, 1.807) is 23.5 Å². The summed E-state index contributed by atoms with van der Waals surface area (Å²) < 4.78 is 22.0. The lowest BCUT2D eigenvalue weighted by molar-refractivity contribution is 0.609. The van der Waals surface area contributed by atoms with E-state index in [0.29, 0.717) is 0 Å². The molecule has 0 spiro atoms. The van der Waals surface area contributed by atoms with Crippen LogP contribution in [0.1, 0.15) is 0 Å². The first-order valence-corrected chi connectivity index (χ1v) is 7.35. The van der Waals surface area contributed by atoms with Gasteiger partial charge in [-0.15, -0.1) is 11.3 Å². The minimum absolute atomic E-state index is 0.129. The van der Waals surface area contributed by atoms with Gasteiger partial charge in [0.15, 0.2) is 0 Å². The molecule has 0 fully saturated rings. The van der Waals surface area contributed by atoms with Crippen LogP contribution in [0.2, 0.25) is 0 Å². The van der Waals surface area contributed by atoms with Crippen LogP contribution in [0, 0.1) is 0 Å². The Morgan fingerprint density at radius 2 is 1.73 bits per heavy atom. The van der Waals surface area contributed by atoms with E-state index in [9.17, 15) is 8.42 Å². The molecule has 0 aliphatic carbocycles. The molecule has 0 N–H and O–H groups in total. The van der Waals surface area contributed by atoms with Crippen molar-refractivity contribution < 1.29 is 8.42 Å². The minimum atomic E-state index is -3.61. The smallest absolute Gasteiger partial charge is 0.207 e. The van der Waals surface area contributed by atoms with Crippen molar-refractivity contribution in [1.82, 2.24) is 0 Å². The second-order valence-electron chi connectivity index (χ2n) is 2.94. The van der Waals surface area contributed by atoms with Gasteiger partial charge in [-0.25, -0.2) is 8.42 Å². The average molecular weight is 259 g/mol. The Labute approximate surface area is 96.6 Å². The average Bonchev–Trinajstić information content (AvgIpc) is 2.69. The highest BCUT2D eigenvalue weighted by atomic mass is 35.7. The van der Waals surface area contributed by atoms with Crippen LogP contribution in [-0.4, -0.2) is 8.42 Å². The highest BCUT2D eigenvalue weighted by molar-refractivity contribution is 8.13. The van der Waals surface area contributed by atoms with Gasteiger partial charge in [-0.1, -0.05) is 18.2 Å². The molecule has 0 amide bonds. The van der Waals surface area contributed by atoms with Gasteiger partial charge in [-0.3, -0.25) is 0 Å². The maximum atomic E-state index is 11.0. The van der Waals surface area contributed by atoms with Gasteiger partial charge >= 0.3 is 0 Å². The summed E-state index contributed by atoms with van der Waals surface area (Å²) >= 11 is 1.61. The normalized spacial score (nSPS) is 11.5. The molecule has 0 aliphatic rings. The van der Waals surface area contributed by atoms with Crippen molar-refractivity contribution in [1.29, 1.82) is 0 Å². The van der Waals surface area contributed by atoms with E-state index in [4.69, 9.17) is 10.7 Å². The molecule has 1 heterocycles. The van der Waals surface area contributed by atoms with E-state index in [1.807, 2.05) is 17.5 Å². The maximum absolute atomic E-state index is 11.0. The van der Waals surface area contributed by atoms with Crippen molar-refractivity contribution in [2.75, 3.05) is 0 Å². The van der Waals surface area contributed by atoms with Crippen molar-refractivity contribution in [2.45, 2.75) is 4.90 Å². The monoisotopic (exact) mass is 258 g/mol. The van der Waals surface area contributed by atoms with Gasteiger partial charge in [0, 0.05) is 15.6 Å². The van der Waals surface area contributed by atoms with Gasteiger partial charge < -0.3 is 0 Å². The zero-order valence-electron chi connectivity index (χ0n) is 7.55. The summed E-state index contributed by atoms with van der Waals surface area (Å²) in [4.78, 5) is 1.23. The molecule has 0 saturated carbocycles. The number of benzene rings is 1. The van der Waals surface area contributed by atoms with Crippen molar-refractivity contribution in [3.63, 3.8) is 0 Å². The number of halogens is 1. The highest BCUT2D eigenvalue weighted by Gasteiger charge is 2.09. The standard InChI is InChI=1S/C10H7ClO2S2/c11-15(12,13)9-5-3-8(4-6-9)10-2-1-7-14-10/h1-7H. The highest BCUT2D eigenvalue weighted by Crippen LogP contribution is 2.26. The van der Waals surface area contributed by atoms with Crippen molar-refractivity contribution in [2.24, 2.45) is 0 Å². The Morgan fingerprint density at radius 3 is 2.20 bits per heavy atom. The van der Waals surface area contributed by atoms with Crippen molar-refractivity contribution >= 4 is 31.1 Å². The van der Waals surface area contributed by atoms with E-state index in [1.165, 1.54) is 12.1 Å². The third-order valence-electron chi connectivity index (χ3n) is 1.94. The van der Waals surface area contributed by atoms with Gasteiger partial charge in [-0.05, 0) is 29.1 Å². The molecule has 2 rings (SSSR count). The summed E-state index contributed by atoms with van der Waals surface area (Å²) in [5.74, 6) is 0. The molecule has 1 aromatic heterocycles. The predicted octanol–water partition coefficient (Wildman–Crippen LogP) is 3.34. The number of hydrogen-bond acceptors (Lipinski definition) is 3. The van der Waals surface area contributed by atoms with Gasteiger partial charge in [-0.2, -0.15) is 0 Å². The summed E-state index contributed by atoms with van der Waals surface area (Å²) in [6.07, 6.45) is 0. The molecule has 0 bridgehead atoms. The molecule has 2 aromatic rings. The minimum Gasteiger partial charge on any atom is -0.207 e. The lowest BCUT2D eigenvalue weighted by atomic mass is 10.2. The Morgan fingerprint density at radius 1 is 1.07 bits per heavy atom. The van der Waals surface area contributed by atoms with E-state index in [2.05, 4.69) is 0 Å². The van der Waals surface area contributed by atoms with Crippen LogP contribution in [0.4, 0.5) is 0 Å². The van der Waals surface area contributed by atoms with E-state index in [-0.39, 0.29) is 4.90 Å². The van der Waals surface area contributed by atoms with Crippen molar-refractivity contribution in [3.05, 3.63) is 41.8 Å². The summed E-state index contributed by atoms with van der Waals surface area (Å²) in [6.45, 7) is 0. The lowest BCUT2D eigenvalue weighted by Crippen LogP contribution is -1.89. The van der Waals surface area contributed by atoms with Gasteiger partial charge in [0.25, 0.3) is 9.05 Å². The zero-order valence-corrected chi connectivity index (χ0v) is 9.94. The summed E-state index contributed by atoms with van der Waals surface area (Å²) in [7, 11) is 1.60. The summed E-state index contributed by atoms with van der Waals surface area (Å²) in [5, 5.41) is 1.97.